The quantitative estimate of drug-likeness (QED) is 0.414. The number of carbonyl (C=O) groups is 1. The van der Waals surface area contributed by atoms with E-state index in [4.69, 9.17) is 4.42 Å². The molecule has 1 amide bonds. The van der Waals surface area contributed by atoms with E-state index in [1.165, 1.54) is 18.2 Å². The van der Waals surface area contributed by atoms with Gasteiger partial charge >= 0.3 is 5.76 Å². The summed E-state index contributed by atoms with van der Waals surface area (Å²) < 4.78 is 6.18. The van der Waals surface area contributed by atoms with E-state index in [0.717, 1.165) is 20.9 Å². The lowest BCUT2D eigenvalue weighted by Crippen LogP contribution is -2.32. The normalized spacial score (nSPS) is 12.2. The number of nitro benzene ring substituents is 1. The van der Waals surface area contributed by atoms with Gasteiger partial charge in [-0.25, -0.2) is 4.79 Å². The number of rotatable bonds is 5. The van der Waals surface area contributed by atoms with Gasteiger partial charge in [0, 0.05) is 12.1 Å². The van der Waals surface area contributed by atoms with Crippen LogP contribution in [-0.2, 0) is 11.3 Å². The molecular weight excluding hydrogens is 374 g/mol. The number of nitro groups is 1. The first kappa shape index (κ1) is 18.4. The molecule has 0 spiro atoms. The first-order valence-electron chi connectivity index (χ1n) is 8.99. The van der Waals surface area contributed by atoms with E-state index in [1.54, 1.807) is 0 Å². The Kier molecular flexibility index (Phi) is 4.59. The van der Waals surface area contributed by atoms with E-state index >= 15 is 0 Å². The average molecular weight is 391 g/mol. The number of nitrogens with zero attached hydrogens (tertiary/aromatic N) is 2. The van der Waals surface area contributed by atoms with Crippen molar-refractivity contribution in [3.8, 4) is 0 Å². The third-order valence-corrected chi connectivity index (χ3v) is 4.83. The van der Waals surface area contributed by atoms with Gasteiger partial charge in [0.1, 0.15) is 6.54 Å². The van der Waals surface area contributed by atoms with Crippen LogP contribution in [0.4, 0.5) is 5.69 Å². The molecule has 0 aliphatic carbocycles. The zero-order valence-corrected chi connectivity index (χ0v) is 15.5. The molecule has 0 aliphatic heterocycles. The average Bonchev–Trinajstić information content (AvgIpc) is 3.01. The molecule has 0 radical (unpaired) electrons. The lowest BCUT2D eigenvalue weighted by atomic mass is 10.00. The monoisotopic (exact) mass is 391 g/mol. The van der Waals surface area contributed by atoms with Gasteiger partial charge in [-0.1, -0.05) is 42.5 Å². The maximum atomic E-state index is 12.6. The molecule has 8 heteroatoms. The van der Waals surface area contributed by atoms with E-state index in [0.29, 0.717) is 0 Å². The first-order chi connectivity index (χ1) is 13.9. The molecule has 1 aromatic heterocycles. The van der Waals surface area contributed by atoms with Crippen molar-refractivity contribution in [2.45, 2.75) is 19.5 Å². The van der Waals surface area contributed by atoms with Gasteiger partial charge in [0.15, 0.2) is 5.58 Å². The van der Waals surface area contributed by atoms with Crippen LogP contribution >= 0.6 is 0 Å². The second-order valence-corrected chi connectivity index (χ2v) is 6.72. The fraction of sp³-hybridized carbons (Fsp3) is 0.143. The highest BCUT2D eigenvalue weighted by Crippen LogP contribution is 2.24. The molecule has 146 valence electrons. The number of carbonyl (C=O) groups excluding carboxylic acids is 1. The topological polar surface area (TPSA) is 107 Å². The zero-order valence-electron chi connectivity index (χ0n) is 15.5. The highest BCUT2D eigenvalue weighted by molar-refractivity contribution is 5.87. The second kappa shape index (κ2) is 7.23. The molecule has 8 nitrogen and oxygen atoms in total. The third-order valence-electron chi connectivity index (χ3n) is 4.83. The lowest BCUT2D eigenvalue weighted by molar-refractivity contribution is -0.384. The number of fused-ring (bicyclic) bond motifs is 2. The van der Waals surface area contributed by atoms with E-state index in [-0.39, 0.29) is 29.4 Å². The maximum absolute atomic E-state index is 12.6. The van der Waals surface area contributed by atoms with Crippen molar-refractivity contribution < 1.29 is 14.1 Å². The van der Waals surface area contributed by atoms with Crippen molar-refractivity contribution in [1.29, 1.82) is 0 Å². The fourth-order valence-electron chi connectivity index (χ4n) is 3.45. The standard InChI is InChI=1S/C21H17N3O5/c1-13(16-8-4-6-14-5-2-3-7-17(14)16)22-20(25)12-23-18-11-15(24(27)28)9-10-19(18)29-21(23)26/h2-11,13H,12H2,1H3,(H,22,25). The predicted octanol–water partition coefficient (Wildman–Crippen LogP) is 3.53. The number of nitrogens with one attached hydrogen (secondary N) is 1. The summed E-state index contributed by atoms with van der Waals surface area (Å²) in [6, 6.07) is 17.3. The summed E-state index contributed by atoms with van der Waals surface area (Å²) >= 11 is 0. The molecule has 1 atom stereocenters. The van der Waals surface area contributed by atoms with Gasteiger partial charge in [-0.05, 0) is 29.3 Å². The molecule has 29 heavy (non-hydrogen) atoms. The van der Waals surface area contributed by atoms with Gasteiger partial charge in [0.05, 0.1) is 16.5 Å². The Morgan fingerprint density at radius 2 is 1.93 bits per heavy atom. The molecule has 3 aromatic carbocycles. The van der Waals surface area contributed by atoms with E-state index < -0.39 is 16.6 Å². The van der Waals surface area contributed by atoms with Gasteiger partial charge in [0.2, 0.25) is 5.91 Å². The maximum Gasteiger partial charge on any atom is 0.420 e. The summed E-state index contributed by atoms with van der Waals surface area (Å²) in [5, 5.41) is 16.0. The number of aromatic nitrogens is 1. The molecule has 0 saturated carbocycles. The van der Waals surface area contributed by atoms with Crippen molar-refractivity contribution >= 4 is 33.5 Å². The van der Waals surface area contributed by atoms with Gasteiger partial charge < -0.3 is 9.73 Å². The Morgan fingerprint density at radius 3 is 2.72 bits per heavy atom. The molecule has 0 bridgehead atoms. The Hall–Kier alpha value is -3.94. The Labute approximate surface area is 164 Å². The van der Waals surface area contributed by atoms with E-state index in [2.05, 4.69) is 5.32 Å². The van der Waals surface area contributed by atoms with Gasteiger partial charge in [-0.2, -0.15) is 0 Å². The number of amides is 1. The summed E-state index contributed by atoms with van der Waals surface area (Å²) in [5.41, 5.74) is 1.17. The number of benzene rings is 3. The minimum Gasteiger partial charge on any atom is -0.408 e. The number of hydrogen-bond donors (Lipinski definition) is 1. The largest absolute Gasteiger partial charge is 0.420 e. The van der Waals surface area contributed by atoms with Crippen LogP contribution < -0.4 is 11.1 Å². The van der Waals surface area contributed by atoms with Crippen molar-refractivity contribution in [1.82, 2.24) is 9.88 Å². The van der Waals surface area contributed by atoms with Gasteiger partial charge in [0.25, 0.3) is 5.69 Å². The Bertz CT molecular complexity index is 1300. The molecule has 0 saturated heterocycles. The van der Waals surface area contributed by atoms with Crippen LogP contribution in [0.5, 0.6) is 0 Å². The summed E-state index contributed by atoms with van der Waals surface area (Å²) in [6.07, 6.45) is 0. The molecule has 0 aliphatic rings. The lowest BCUT2D eigenvalue weighted by Gasteiger charge is -2.16. The van der Waals surface area contributed by atoms with Crippen LogP contribution in [0.15, 0.2) is 69.9 Å². The summed E-state index contributed by atoms with van der Waals surface area (Å²) in [6.45, 7) is 1.56. The second-order valence-electron chi connectivity index (χ2n) is 6.72. The van der Waals surface area contributed by atoms with Crippen LogP contribution in [0.3, 0.4) is 0 Å². The van der Waals surface area contributed by atoms with Crippen LogP contribution in [0.1, 0.15) is 18.5 Å². The summed E-state index contributed by atoms with van der Waals surface area (Å²) in [5.74, 6) is -1.14. The van der Waals surface area contributed by atoms with Crippen LogP contribution in [0.25, 0.3) is 21.9 Å². The highest BCUT2D eigenvalue weighted by Gasteiger charge is 2.18. The number of non-ortho nitro benzene ring substituents is 1. The third kappa shape index (κ3) is 3.47. The number of oxazole rings is 1. The summed E-state index contributed by atoms with van der Waals surface area (Å²) in [7, 11) is 0. The summed E-state index contributed by atoms with van der Waals surface area (Å²) in [4.78, 5) is 35.2. The van der Waals surface area contributed by atoms with Crippen LogP contribution in [0.2, 0.25) is 0 Å². The fourth-order valence-corrected chi connectivity index (χ4v) is 3.45. The molecule has 4 rings (SSSR count). The Balaban J connectivity index is 1.60. The Morgan fingerprint density at radius 1 is 1.17 bits per heavy atom. The minimum absolute atomic E-state index is 0.184. The van der Waals surface area contributed by atoms with Crippen molar-refractivity contribution in [2.24, 2.45) is 0 Å². The number of hydrogen-bond acceptors (Lipinski definition) is 5. The highest BCUT2D eigenvalue weighted by atomic mass is 16.6. The smallest absolute Gasteiger partial charge is 0.408 e. The van der Waals surface area contributed by atoms with E-state index in [1.807, 2.05) is 49.4 Å². The molecule has 1 unspecified atom stereocenters. The SMILES string of the molecule is CC(NC(=O)Cn1c(=O)oc2ccc([N+](=O)[O-])cc21)c1cccc2ccccc12. The molecule has 4 aromatic rings. The molecular formula is C21H17N3O5. The van der Waals surface area contributed by atoms with Crippen LogP contribution in [-0.4, -0.2) is 15.4 Å². The van der Waals surface area contributed by atoms with Gasteiger partial charge in [-0.15, -0.1) is 0 Å². The zero-order chi connectivity index (χ0) is 20.5. The van der Waals surface area contributed by atoms with Crippen molar-refractivity contribution in [3.05, 3.63) is 86.9 Å². The van der Waals surface area contributed by atoms with Crippen molar-refractivity contribution in [3.63, 3.8) is 0 Å². The predicted molar refractivity (Wildman–Crippen MR) is 108 cm³/mol. The molecule has 1 heterocycles. The molecule has 0 fully saturated rings. The van der Waals surface area contributed by atoms with Crippen LogP contribution in [0, 0.1) is 10.1 Å². The van der Waals surface area contributed by atoms with Gasteiger partial charge in [-0.3, -0.25) is 19.5 Å². The first-order valence-corrected chi connectivity index (χ1v) is 8.99. The molecule has 1 N–H and O–H groups in total. The minimum atomic E-state index is -0.742. The van der Waals surface area contributed by atoms with Crippen molar-refractivity contribution in [2.75, 3.05) is 0 Å². The van der Waals surface area contributed by atoms with E-state index in [9.17, 15) is 19.7 Å².